The molecule has 2 rings (SSSR count). The van der Waals surface area contributed by atoms with Crippen molar-refractivity contribution in [2.75, 3.05) is 5.33 Å². The Labute approximate surface area is 101 Å². The quantitative estimate of drug-likeness (QED) is 0.856. The van der Waals surface area contributed by atoms with Crippen LogP contribution < -0.4 is 4.72 Å². The number of nitrogens with one attached hydrogen (secondary N) is 1. The van der Waals surface area contributed by atoms with E-state index in [1.165, 1.54) is 12.3 Å². The van der Waals surface area contributed by atoms with Gasteiger partial charge < -0.3 is 0 Å². The minimum absolute atomic E-state index is 0.456. The molecule has 0 spiro atoms. The Morgan fingerprint density at radius 2 is 2.25 bits per heavy atom. The Kier molecular flexibility index (Phi) is 3.02. The number of alkyl halides is 1. The maximum atomic E-state index is 13.3. The molecular weight excluding hydrogens is 299 g/mol. The summed E-state index contributed by atoms with van der Waals surface area (Å²) in [5, 5.41) is -0.0181. The molecule has 4 nitrogen and oxygen atoms in total. The van der Waals surface area contributed by atoms with Crippen LogP contribution in [-0.2, 0) is 10.0 Å². The lowest BCUT2D eigenvalue weighted by atomic mass is 10.4. The molecule has 1 aliphatic carbocycles. The van der Waals surface area contributed by atoms with E-state index in [0.717, 1.165) is 18.9 Å². The van der Waals surface area contributed by atoms with Gasteiger partial charge in [-0.1, -0.05) is 15.9 Å². The first-order valence-electron chi connectivity index (χ1n) is 4.70. The van der Waals surface area contributed by atoms with Crippen LogP contribution in [0.2, 0.25) is 0 Å². The van der Waals surface area contributed by atoms with Crippen LogP contribution in [0.4, 0.5) is 4.39 Å². The summed E-state index contributed by atoms with van der Waals surface area (Å²) in [6, 6.07) is 2.43. The Bertz CT molecular complexity index is 502. The summed E-state index contributed by atoms with van der Waals surface area (Å²) in [7, 11) is -3.86. The van der Waals surface area contributed by atoms with Crippen molar-refractivity contribution in [2.45, 2.75) is 23.4 Å². The van der Waals surface area contributed by atoms with Crippen LogP contribution in [0, 0.1) is 5.82 Å². The molecule has 1 heterocycles. The maximum absolute atomic E-state index is 13.3. The fourth-order valence-corrected chi connectivity index (χ4v) is 3.67. The van der Waals surface area contributed by atoms with E-state index in [-0.39, 0.29) is 0 Å². The Morgan fingerprint density at radius 3 is 2.75 bits per heavy atom. The zero-order valence-electron chi connectivity index (χ0n) is 8.28. The third kappa shape index (κ3) is 2.26. The molecule has 1 aromatic heterocycles. The largest absolute Gasteiger partial charge is 0.261 e. The van der Waals surface area contributed by atoms with Gasteiger partial charge in [0.25, 0.3) is 10.0 Å². The number of aromatic nitrogens is 1. The third-order valence-corrected chi connectivity index (χ3v) is 5.02. The molecule has 0 saturated heterocycles. The van der Waals surface area contributed by atoms with Gasteiger partial charge in [0, 0.05) is 17.1 Å². The number of rotatable bonds is 4. The molecule has 0 amide bonds. The molecule has 0 bridgehead atoms. The second-order valence-corrected chi connectivity index (χ2v) is 5.97. The minimum atomic E-state index is -3.86. The second-order valence-electron chi connectivity index (χ2n) is 3.81. The predicted octanol–water partition coefficient (Wildman–Crippen LogP) is 1.43. The van der Waals surface area contributed by atoms with E-state index in [1.807, 2.05) is 0 Å². The lowest BCUT2D eigenvalue weighted by Crippen LogP contribution is -2.38. The lowest BCUT2D eigenvalue weighted by molar-refractivity contribution is 0.532. The smallest absolute Gasteiger partial charge is 0.241 e. The predicted molar refractivity (Wildman–Crippen MR) is 60.3 cm³/mol. The first-order valence-corrected chi connectivity index (χ1v) is 7.30. The Hall–Kier alpha value is -0.530. The fraction of sp³-hybridized carbons (Fsp3) is 0.444. The number of nitrogens with zero attached hydrogens (tertiary/aromatic N) is 1. The molecule has 7 heteroatoms. The van der Waals surface area contributed by atoms with Gasteiger partial charge in [-0.25, -0.2) is 22.5 Å². The van der Waals surface area contributed by atoms with Crippen molar-refractivity contribution in [3.63, 3.8) is 0 Å². The van der Waals surface area contributed by atoms with Gasteiger partial charge in [-0.2, -0.15) is 0 Å². The van der Waals surface area contributed by atoms with E-state index < -0.39 is 26.4 Å². The van der Waals surface area contributed by atoms with Gasteiger partial charge in [0.05, 0.1) is 0 Å². The zero-order chi connectivity index (χ0) is 11.8. The van der Waals surface area contributed by atoms with Gasteiger partial charge in [-0.15, -0.1) is 0 Å². The molecule has 0 aromatic carbocycles. The molecule has 0 atom stereocenters. The van der Waals surface area contributed by atoms with E-state index in [0.29, 0.717) is 5.33 Å². The first kappa shape index (κ1) is 11.9. The van der Waals surface area contributed by atoms with Crippen LogP contribution in [0.15, 0.2) is 23.4 Å². The van der Waals surface area contributed by atoms with E-state index in [2.05, 4.69) is 25.6 Å². The molecule has 16 heavy (non-hydrogen) atoms. The van der Waals surface area contributed by atoms with Crippen molar-refractivity contribution < 1.29 is 12.8 Å². The Morgan fingerprint density at radius 1 is 1.56 bits per heavy atom. The van der Waals surface area contributed by atoms with Gasteiger partial charge in [-0.3, -0.25) is 0 Å². The number of hydrogen-bond acceptors (Lipinski definition) is 3. The molecule has 1 fully saturated rings. The molecule has 1 saturated carbocycles. The SMILES string of the molecule is O=S(=O)(NC1(CBr)CC1)c1ncccc1F. The normalized spacial score (nSPS) is 18.4. The Balaban J connectivity index is 2.30. The van der Waals surface area contributed by atoms with Crippen molar-refractivity contribution in [3.8, 4) is 0 Å². The fourth-order valence-electron chi connectivity index (χ4n) is 1.32. The molecule has 1 aromatic rings. The van der Waals surface area contributed by atoms with E-state index >= 15 is 0 Å². The van der Waals surface area contributed by atoms with Crippen molar-refractivity contribution in [3.05, 3.63) is 24.1 Å². The van der Waals surface area contributed by atoms with Crippen LogP contribution in [0.25, 0.3) is 0 Å². The van der Waals surface area contributed by atoms with Gasteiger partial charge in [0.2, 0.25) is 5.03 Å². The number of halogens is 2. The highest BCUT2D eigenvalue weighted by atomic mass is 79.9. The van der Waals surface area contributed by atoms with Crippen molar-refractivity contribution in [1.82, 2.24) is 9.71 Å². The maximum Gasteiger partial charge on any atom is 0.261 e. The molecule has 1 aliphatic rings. The summed E-state index contributed by atoms with van der Waals surface area (Å²) in [6.07, 6.45) is 2.77. The van der Waals surface area contributed by atoms with Gasteiger partial charge in [-0.05, 0) is 25.0 Å². The second kappa shape index (κ2) is 4.05. The summed E-state index contributed by atoms with van der Waals surface area (Å²) in [5.74, 6) is -0.833. The number of sulfonamides is 1. The highest BCUT2D eigenvalue weighted by Gasteiger charge is 2.45. The third-order valence-electron chi connectivity index (χ3n) is 2.44. The first-order chi connectivity index (χ1) is 7.49. The highest BCUT2D eigenvalue weighted by Crippen LogP contribution is 2.38. The van der Waals surface area contributed by atoms with E-state index in [9.17, 15) is 12.8 Å². The molecular formula is C9H10BrFN2O2S. The van der Waals surface area contributed by atoms with E-state index in [4.69, 9.17) is 0 Å². The topological polar surface area (TPSA) is 59.1 Å². The number of hydrogen-bond donors (Lipinski definition) is 1. The molecule has 0 aliphatic heterocycles. The molecule has 88 valence electrons. The number of pyridine rings is 1. The summed E-state index contributed by atoms with van der Waals surface area (Å²) in [6.45, 7) is 0. The van der Waals surface area contributed by atoms with Crippen LogP contribution in [-0.4, -0.2) is 24.3 Å². The van der Waals surface area contributed by atoms with Gasteiger partial charge in [0.15, 0.2) is 5.82 Å². The summed E-state index contributed by atoms with van der Waals surface area (Å²) in [5.41, 5.74) is -0.456. The van der Waals surface area contributed by atoms with Crippen LogP contribution in [0.5, 0.6) is 0 Å². The molecule has 0 unspecified atom stereocenters. The monoisotopic (exact) mass is 308 g/mol. The summed E-state index contributed by atoms with van der Waals surface area (Å²) < 4.78 is 39.4. The van der Waals surface area contributed by atoms with Crippen molar-refractivity contribution >= 4 is 26.0 Å². The molecule has 0 radical (unpaired) electrons. The van der Waals surface area contributed by atoms with Crippen molar-refractivity contribution in [2.24, 2.45) is 0 Å². The highest BCUT2D eigenvalue weighted by molar-refractivity contribution is 9.09. The molecule has 1 N–H and O–H groups in total. The van der Waals surface area contributed by atoms with Crippen LogP contribution in [0.3, 0.4) is 0 Å². The van der Waals surface area contributed by atoms with Gasteiger partial charge >= 0.3 is 0 Å². The minimum Gasteiger partial charge on any atom is -0.241 e. The summed E-state index contributed by atoms with van der Waals surface area (Å²) in [4.78, 5) is 3.56. The zero-order valence-corrected chi connectivity index (χ0v) is 10.7. The average molecular weight is 309 g/mol. The van der Waals surface area contributed by atoms with Crippen LogP contribution in [0.1, 0.15) is 12.8 Å². The van der Waals surface area contributed by atoms with Crippen molar-refractivity contribution in [1.29, 1.82) is 0 Å². The van der Waals surface area contributed by atoms with Crippen LogP contribution >= 0.6 is 15.9 Å². The standard InChI is InChI=1S/C9H10BrFN2O2S/c10-6-9(3-4-9)13-16(14,15)8-7(11)2-1-5-12-8/h1-2,5,13H,3-4,6H2. The summed E-state index contributed by atoms with van der Waals surface area (Å²) >= 11 is 3.24. The van der Waals surface area contributed by atoms with E-state index in [1.54, 1.807) is 0 Å². The van der Waals surface area contributed by atoms with Gasteiger partial charge in [0.1, 0.15) is 0 Å². The lowest BCUT2D eigenvalue weighted by Gasteiger charge is -2.13. The average Bonchev–Trinajstić information content (AvgIpc) is 2.98.